The first kappa shape index (κ1) is 20.1. The van der Waals surface area contributed by atoms with Crippen molar-refractivity contribution in [2.45, 2.75) is 18.7 Å². The molecule has 1 fully saturated rings. The number of nitrogens with zero attached hydrogens (tertiary/aromatic N) is 2. The van der Waals surface area contributed by atoms with Crippen molar-refractivity contribution < 1.29 is 19.1 Å². The SMILES string of the molecule is Cc1c(N2C(=O)CSC2c2ccc(F)cc2)ccc(C(=O)O)c1Cc1cccnc1. The Hall–Kier alpha value is -3.19. The summed E-state index contributed by atoms with van der Waals surface area (Å²) in [4.78, 5) is 30.4. The lowest BCUT2D eigenvalue weighted by Crippen LogP contribution is -2.29. The molecule has 2 heterocycles. The quantitative estimate of drug-likeness (QED) is 0.651. The summed E-state index contributed by atoms with van der Waals surface area (Å²) >= 11 is 1.47. The van der Waals surface area contributed by atoms with Gasteiger partial charge in [-0.15, -0.1) is 11.8 Å². The minimum absolute atomic E-state index is 0.0622. The molecule has 0 saturated carbocycles. The summed E-state index contributed by atoms with van der Waals surface area (Å²) in [5, 5.41) is 9.40. The van der Waals surface area contributed by atoms with Crippen LogP contribution >= 0.6 is 11.8 Å². The first-order chi connectivity index (χ1) is 14.5. The minimum Gasteiger partial charge on any atom is -0.478 e. The number of hydrogen-bond donors (Lipinski definition) is 1. The van der Waals surface area contributed by atoms with Crippen LogP contribution in [0, 0.1) is 12.7 Å². The van der Waals surface area contributed by atoms with Gasteiger partial charge in [-0.25, -0.2) is 9.18 Å². The van der Waals surface area contributed by atoms with Crippen LogP contribution in [0.4, 0.5) is 10.1 Å². The number of thioether (sulfide) groups is 1. The van der Waals surface area contributed by atoms with E-state index in [1.165, 1.54) is 23.9 Å². The van der Waals surface area contributed by atoms with Crippen LogP contribution in [0.5, 0.6) is 0 Å². The molecule has 1 aromatic heterocycles. The largest absolute Gasteiger partial charge is 0.478 e. The molecule has 1 unspecified atom stereocenters. The number of carboxylic acids is 1. The first-order valence-corrected chi connectivity index (χ1v) is 10.4. The van der Waals surface area contributed by atoms with Crippen molar-refractivity contribution in [3.8, 4) is 0 Å². The highest BCUT2D eigenvalue weighted by molar-refractivity contribution is 8.00. The van der Waals surface area contributed by atoms with E-state index >= 15 is 0 Å². The summed E-state index contributed by atoms with van der Waals surface area (Å²) < 4.78 is 13.4. The van der Waals surface area contributed by atoms with Crippen LogP contribution in [-0.4, -0.2) is 27.7 Å². The van der Waals surface area contributed by atoms with E-state index in [9.17, 15) is 19.1 Å². The second kappa shape index (κ2) is 8.28. The maximum Gasteiger partial charge on any atom is 0.335 e. The van der Waals surface area contributed by atoms with Crippen LogP contribution in [0.3, 0.4) is 0 Å². The summed E-state index contributed by atoms with van der Waals surface area (Å²) in [6.07, 6.45) is 3.76. The second-order valence-electron chi connectivity index (χ2n) is 7.06. The van der Waals surface area contributed by atoms with E-state index in [0.717, 1.165) is 16.7 Å². The molecule has 1 amide bonds. The van der Waals surface area contributed by atoms with Crippen LogP contribution < -0.4 is 4.90 Å². The molecule has 1 atom stereocenters. The van der Waals surface area contributed by atoms with Crippen molar-refractivity contribution in [2.75, 3.05) is 10.7 Å². The number of anilines is 1. The topological polar surface area (TPSA) is 70.5 Å². The fraction of sp³-hybridized carbons (Fsp3) is 0.174. The molecule has 30 heavy (non-hydrogen) atoms. The number of benzene rings is 2. The Morgan fingerprint density at radius 1 is 1.23 bits per heavy atom. The fourth-order valence-electron chi connectivity index (χ4n) is 3.70. The first-order valence-electron chi connectivity index (χ1n) is 9.39. The third-order valence-electron chi connectivity index (χ3n) is 5.19. The van der Waals surface area contributed by atoms with Gasteiger partial charge in [-0.1, -0.05) is 18.2 Å². The van der Waals surface area contributed by atoms with Gasteiger partial charge >= 0.3 is 5.97 Å². The van der Waals surface area contributed by atoms with Crippen molar-refractivity contribution in [3.05, 3.63) is 94.6 Å². The molecule has 0 spiro atoms. The molecule has 2 aromatic carbocycles. The van der Waals surface area contributed by atoms with Gasteiger partial charge in [0.2, 0.25) is 5.91 Å². The highest BCUT2D eigenvalue weighted by atomic mass is 32.2. The normalized spacial score (nSPS) is 16.1. The summed E-state index contributed by atoms with van der Waals surface area (Å²) in [5.41, 5.74) is 3.97. The lowest BCUT2D eigenvalue weighted by molar-refractivity contribution is -0.115. The summed E-state index contributed by atoms with van der Waals surface area (Å²) in [7, 11) is 0. The van der Waals surface area contributed by atoms with E-state index in [4.69, 9.17) is 0 Å². The van der Waals surface area contributed by atoms with Gasteiger partial charge < -0.3 is 5.11 Å². The van der Waals surface area contributed by atoms with Gasteiger partial charge in [0.1, 0.15) is 11.2 Å². The predicted molar refractivity (Wildman–Crippen MR) is 114 cm³/mol. The summed E-state index contributed by atoms with van der Waals surface area (Å²) in [6, 6.07) is 13.0. The molecule has 3 aromatic rings. The number of amides is 1. The Balaban J connectivity index is 1.79. The number of halogens is 1. The average Bonchev–Trinajstić information content (AvgIpc) is 3.12. The second-order valence-corrected chi connectivity index (χ2v) is 8.13. The number of aromatic nitrogens is 1. The number of rotatable bonds is 5. The van der Waals surface area contributed by atoms with E-state index in [2.05, 4.69) is 4.98 Å². The number of carbonyl (C=O) groups excluding carboxylic acids is 1. The minimum atomic E-state index is -1.01. The molecular weight excluding hydrogens is 403 g/mol. The Kier molecular flexibility index (Phi) is 5.55. The molecule has 5 nitrogen and oxygen atoms in total. The standard InChI is InChI=1S/C23H19FN2O3S/c1-14-19(11-15-3-2-10-25-12-15)18(23(28)29)8-9-20(14)26-21(27)13-30-22(26)16-4-6-17(24)7-5-16/h2-10,12,22H,11,13H2,1H3,(H,28,29). The molecule has 0 radical (unpaired) electrons. The molecule has 0 bridgehead atoms. The van der Waals surface area contributed by atoms with Crippen LogP contribution in [0.25, 0.3) is 0 Å². The average molecular weight is 422 g/mol. The van der Waals surface area contributed by atoms with Gasteiger partial charge in [0.25, 0.3) is 0 Å². The molecular formula is C23H19FN2O3S. The molecule has 1 aliphatic rings. The van der Waals surface area contributed by atoms with Crippen molar-refractivity contribution in [1.29, 1.82) is 0 Å². The number of carbonyl (C=O) groups is 2. The van der Waals surface area contributed by atoms with Crippen molar-refractivity contribution in [3.63, 3.8) is 0 Å². The van der Waals surface area contributed by atoms with Crippen LogP contribution in [0.15, 0.2) is 60.9 Å². The highest BCUT2D eigenvalue weighted by Gasteiger charge is 2.35. The Morgan fingerprint density at radius 2 is 2.00 bits per heavy atom. The van der Waals surface area contributed by atoms with E-state index in [1.807, 2.05) is 13.0 Å². The van der Waals surface area contributed by atoms with Crippen LogP contribution in [0.1, 0.15) is 38.0 Å². The molecule has 1 saturated heterocycles. The molecule has 1 N–H and O–H groups in total. The van der Waals surface area contributed by atoms with Gasteiger partial charge in [0.15, 0.2) is 0 Å². The zero-order valence-electron chi connectivity index (χ0n) is 16.2. The Morgan fingerprint density at radius 3 is 2.67 bits per heavy atom. The maximum atomic E-state index is 13.4. The van der Waals surface area contributed by atoms with E-state index in [0.29, 0.717) is 23.4 Å². The predicted octanol–water partition coefficient (Wildman–Crippen LogP) is 4.60. The van der Waals surface area contributed by atoms with Crippen molar-refractivity contribution in [2.24, 2.45) is 0 Å². The Bertz CT molecular complexity index is 1100. The van der Waals surface area contributed by atoms with Gasteiger partial charge in [0.05, 0.1) is 11.3 Å². The number of carboxylic acid groups (broad SMARTS) is 1. The van der Waals surface area contributed by atoms with Gasteiger partial charge in [-0.05, 0) is 59.5 Å². The monoisotopic (exact) mass is 422 g/mol. The summed E-state index contributed by atoms with van der Waals surface area (Å²) in [6.45, 7) is 1.84. The van der Waals surface area contributed by atoms with Crippen molar-refractivity contribution in [1.82, 2.24) is 4.98 Å². The smallest absolute Gasteiger partial charge is 0.335 e. The third kappa shape index (κ3) is 3.80. The molecule has 7 heteroatoms. The van der Waals surface area contributed by atoms with Crippen LogP contribution in [-0.2, 0) is 11.2 Å². The lowest BCUT2D eigenvalue weighted by Gasteiger charge is -2.27. The van der Waals surface area contributed by atoms with E-state index in [-0.39, 0.29) is 22.7 Å². The summed E-state index contributed by atoms with van der Waals surface area (Å²) in [5.74, 6) is -1.10. The maximum absolute atomic E-state index is 13.4. The molecule has 0 aliphatic carbocycles. The van der Waals surface area contributed by atoms with Crippen molar-refractivity contribution >= 4 is 29.3 Å². The van der Waals surface area contributed by atoms with E-state index < -0.39 is 5.97 Å². The van der Waals surface area contributed by atoms with Gasteiger partial charge in [-0.3, -0.25) is 14.7 Å². The number of hydrogen-bond acceptors (Lipinski definition) is 4. The molecule has 152 valence electrons. The van der Waals surface area contributed by atoms with Gasteiger partial charge in [-0.2, -0.15) is 0 Å². The Labute approximate surface area is 177 Å². The zero-order chi connectivity index (χ0) is 21.3. The van der Waals surface area contributed by atoms with Crippen LogP contribution in [0.2, 0.25) is 0 Å². The zero-order valence-corrected chi connectivity index (χ0v) is 17.0. The lowest BCUT2D eigenvalue weighted by atomic mass is 9.94. The third-order valence-corrected chi connectivity index (χ3v) is 6.40. The highest BCUT2D eigenvalue weighted by Crippen LogP contribution is 2.43. The molecule has 1 aliphatic heterocycles. The fourth-order valence-corrected chi connectivity index (χ4v) is 4.87. The molecule has 4 rings (SSSR count). The number of aromatic carboxylic acids is 1. The van der Waals surface area contributed by atoms with E-state index in [1.54, 1.807) is 47.6 Å². The number of pyridine rings is 1. The van der Waals surface area contributed by atoms with Gasteiger partial charge in [0, 0.05) is 24.5 Å².